The summed E-state index contributed by atoms with van der Waals surface area (Å²) < 4.78 is 11.2. The maximum Gasteiger partial charge on any atom is 0.262 e. The normalized spacial score (nSPS) is 15.1. The second-order valence-electron chi connectivity index (χ2n) is 10.9. The molecule has 1 aliphatic rings. The van der Waals surface area contributed by atoms with Crippen LogP contribution < -0.4 is 14.8 Å². The van der Waals surface area contributed by atoms with Gasteiger partial charge in [-0.3, -0.25) is 4.79 Å². The first kappa shape index (κ1) is 27.4. The zero-order chi connectivity index (χ0) is 27.4. The third-order valence-corrected chi connectivity index (χ3v) is 8.41. The van der Waals surface area contributed by atoms with E-state index in [2.05, 4.69) is 37.1 Å². The third kappa shape index (κ3) is 6.25. The van der Waals surface area contributed by atoms with Gasteiger partial charge >= 0.3 is 0 Å². The van der Waals surface area contributed by atoms with Crippen molar-refractivity contribution >= 4 is 34.1 Å². The lowest BCUT2D eigenvalue weighted by Crippen LogP contribution is -2.26. The molecule has 0 bridgehead atoms. The Kier molecular flexibility index (Phi) is 8.23. The minimum Gasteiger partial charge on any atom is -0.493 e. The number of aryl methyl sites for hydroxylation is 2. The summed E-state index contributed by atoms with van der Waals surface area (Å²) in [6.07, 6.45) is 4.79. The number of ether oxygens (including phenoxy) is 2. The predicted molar refractivity (Wildman–Crippen MR) is 154 cm³/mol. The molecule has 0 fully saturated rings. The SMILES string of the molecule is COc1cc(C=Nc2sc3c(c2C#N)CC[C@H](C(C)(C)C)C3)ccc1OCC(=O)Nc1ccc(C)c(C)c1. The number of anilines is 1. The average molecular weight is 530 g/mol. The van der Waals surface area contributed by atoms with E-state index in [-0.39, 0.29) is 17.9 Å². The van der Waals surface area contributed by atoms with Gasteiger partial charge in [0, 0.05) is 16.8 Å². The number of hydrogen-bond donors (Lipinski definition) is 1. The highest BCUT2D eigenvalue weighted by atomic mass is 32.1. The van der Waals surface area contributed by atoms with Crippen LogP contribution in [0.2, 0.25) is 0 Å². The van der Waals surface area contributed by atoms with E-state index in [1.807, 2.05) is 44.2 Å². The highest BCUT2D eigenvalue weighted by molar-refractivity contribution is 7.16. The second kappa shape index (κ2) is 11.4. The van der Waals surface area contributed by atoms with E-state index in [0.29, 0.717) is 23.0 Å². The maximum atomic E-state index is 12.4. The van der Waals surface area contributed by atoms with Gasteiger partial charge in [0.15, 0.2) is 18.1 Å². The summed E-state index contributed by atoms with van der Waals surface area (Å²) in [4.78, 5) is 18.4. The van der Waals surface area contributed by atoms with E-state index >= 15 is 0 Å². The summed E-state index contributed by atoms with van der Waals surface area (Å²) >= 11 is 1.63. The summed E-state index contributed by atoms with van der Waals surface area (Å²) in [5.41, 5.74) is 5.96. The molecular formula is C31H35N3O3S. The van der Waals surface area contributed by atoms with E-state index in [0.717, 1.165) is 41.1 Å². The molecular weight excluding hydrogens is 494 g/mol. The topological polar surface area (TPSA) is 83.7 Å². The summed E-state index contributed by atoms with van der Waals surface area (Å²) in [5, 5.41) is 13.5. The van der Waals surface area contributed by atoms with Gasteiger partial charge in [0.05, 0.1) is 12.7 Å². The van der Waals surface area contributed by atoms with Crippen LogP contribution in [-0.4, -0.2) is 25.8 Å². The molecule has 0 spiro atoms. The van der Waals surface area contributed by atoms with Gasteiger partial charge < -0.3 is 14.8 Å². The molecule has 1 N–H and O–H groups in total. The molecule has 1 atom stereocenters. The Labute approximate surface area is 229 Å². The van der Waals surface area contributed by atoms with Crippen molar-refractivity contribution in [3.8, 4) is 17.6 Å². The molecule has 1 aliphatic carbocycles. The molecule has 3 aromatic rings. The number of carbonyl (C=O) groups is 1. The largest absolute Gasteiger partial charge is 0.493 e. The van der Waals surface area contributed by atoms with E-state index < -0.39 is 0 Å². The van der Waals surface area contributed by atoms with Crippen molar-refractivity contribution in [2.75, 3.05) is 19.0 Å². The van der Waals surface area contributed by atoms with E-state index in [1.54, 1.807) is 30.7 Å². The number of carbonyl (C=O) groups excluding carboxylic acids is 1. The van der Waals surface area contributed by atoms with Gasteiger partial charge in [-0.25, -0.2) is 4.99 Å². The van der Waals surface area contributed by atoms with Crippen LogP contribution in [0.15, 0.2) is 41.4 Å². The molecule has 7 heteroatoms. The molecule has 1 aromatic heterocycles. The van der Waals surface area contributed by atoms with Gasteiger partial charge in [-0.2, -0.15) is 5.26 Å². The highest BCUT2D eigenvalue weighted by Gasteiger charge is 2.32. The number of rotatable bonds is 7. The lowest BCUT2D eigenvalue weighted by molar-refractivity contribution is -0.118. The van der Waals surface area contributed by atoms with Crippen LogP contribution in [0.4, 0.5) is 10.7 Å². The van der Waals surface area contributed by atoms with Crippen LogP contribution >= 0.6 is 11.3 Å². The van der Waals surface area contributed by atoms with Crippen molar-refractivity contribution in [3.05, 3.63) is 69.1 Å². The Morgan fingerprint density at radius 1 is 1.18 bits per heavy atom. The van der Waals surface area contributed by atoms with Crippen molar-refractivity contribution in [1.29, 1.82) is 5.26 Å². The van der Waals surface area contributed by atoms with Crippen LogP contribution in [0.1, 0.15) is 59.9 Å². The lowest BCUT2D eigenvalue weighted by atomic mass is 9.72. The molecule has 0 aliphatic heterocycles. The van der Waals surface area contributed by atoms with Gasteiger partial charge in [-0.1, -0.05) is 26.8 Å². The number of fused-ring (bicyclic) bond motifs is 1. The van der Waals surface area contributed by atoms with Crippen LogP contribution in [-0.2, 0) is 17.6 Å². The van der Waals surface area contributed by atoms with Gasteiger partial charge in [0.1, 0.15) is 11.1 Å². The van der Waals surface area contributed by atoms with E-state index in [9.17, 15) is 10.1 Å². The molecule has 0 saturated carbocycles. The molecule has 1 amide bonds. The number of nitriles is 1. The number of amides is 1. The quantitative estimate of drug-likeness (QED) is 0.329. The first-order valence-electron chi connectivity index (χ1n) is 12.9. The Morgan fingerprint density at radius 3 is 2.66 bits per heavy atom. The van der Waals surface area contributed by atoms with Gasteiger partial charge in [-0.05, 0) is 97.0 Å². The molecule has 6 nitrogen and oxygen atoms in total. The van der Waals surface area contributed by atoms with Crippen molar-refractivity contribution < 1.29 is 14.3 Å². The lowest BCUT2D eigenvalue weighted by Gasteiger charge is -2.33. The van der Waals surface area contributed by atoms with Crippen molar-refractivity contribution in [1.82, 2.24) is 0 Å². The summed E-state index contributed by atoms with van der Waals surface area (Å²) in [6, 6.07) is 13.6. The molecule has 4 rings (SSSR count). The standard InChI is InChI=1S/C31H35N3O3S/c1-19-7-10-23(13-20(19)2)34-29(35)18-37-26-12-8-21(14-27(26)36-6)17-33-30-25(16-32)24-11-9-22(31(3,4)5)15-28(24)38-30/h7-8,10,12-14,17,22H,9,11,15,18H2,1-6H3,(H,34,35)/t22-/m0/s1. The minimum absolute atomic E-state index is 0.140. The smallest absolute Gasteiger partial charge is 0.262 e. The van der Waals surface area contributed by atoms with Gasteiger partial charge in [0.25, 0.3) is 5.91 Å². The maximum absolute atomic E-state index is 12.4. The van der Waals surface area contributed by atoms with Crippen LogP contribution in [0, 0.1) is 36.5 Å². The zero-order valence-electron chi connectivity index (χ0n) is 23.0. The molecule has 0 radical (unpaired) electrons. The first-order chi connectivity index (χ1) is 18.1. The number of benzene rings is 2. The van der Waals surface area contributed by atoms with E-state index in [4.69, 9.17) is 9.47 Å². The Hall–Kier alpha value is -3.63. The zero-order valence-corrected chi connectivity index (χ0v) is 23.8. The molecule has 198 valence electrons. The Bertz CT molecular complexity index is 1410. The third-order valence-electron chi connectivity index (χ3n) is 7.25. The monoisotopic (exact) mass is 529 g/mol. The number of thiophene rings is 1. The first-order valence-corrected chi connectivity index (χ1v) is 13.7. The Balaban J connectivity index is 1.44. The van der Waals surface area contributed by atoms with Crippen molar-refractivity contribution in [3.63, 3.8) is 0 Å². The fourth-order valence-corrected chi connectivity index (χ4v) is 5.91. The number of nitrogens with zero attached hydrogens (tertiary/aromatic N) is 2. The molecule has 2 aromatic carbocycles. The molecule has 0 unspecified atom stereocenters. The summed E-state index contributed by atoms with van der Waals surface area (Å²) in [6.45, 7) is 10.8. The number of hydrogen-bond acceptors (Lipinski definition) is 6. The number of methoxy groups -OCH3 is 1. The van der Waals surface area contributed by atoms with Crippen molar-refractivity contribution in [2.45, 2.75) is 53.9 Å². The van der Waals surface area contributed by atoms with Gasteiger partial charge in [-0.15, -0.1) is 11.3 Å². The second-order valence-corrected chi connectivity index (χ2v) is 12.0. The molecule has 1 heterocycles. The van der Waals surface area contributed by atoms with Crippen molar-refractivity contribution in [2.24, 2.45) is 16.3 Å². The Morgan fingerprint density at radius 2 is 1.97 bits per heavy atom. The highest BCUT2D eigenvalue weighted by Crippen LogP contribution is 2.45. The van der Waals surface area contributed by atoms with Crippen LogP contribution in [0.25, 0.3) is 0 Å². The van der Waals surface area contributed by atoms with E-state index in [1.165, 1.54) is 16.0 Å². The summed E-state index contributed by atoms with van der Waals surface area (Å²) in [5.74, 6) is 1.33. The molecule has 38 heavy (non-hydrogen) atoms. The number of nitrogens with one attached hydrogen (secondary N) is 1. The van der Waals surface area contributed by atoms with Crippen LogP contribution in [0.3, 0.4) is 0 Å². The molecule has 0 saturated heterocycles. The minimum atomic E-state index is -0.250. The fourth-order valence-electron chi connectivity index (χ4n) is 4.69. The predicted octanol–water partition coefficient (Wildman–Crippen LogP) is 7.16. The fraction of sp³-hybridized carbons (Fsp3) is 0.387. The van der Waals surface area contributed by atoms with Gasteiger partial charge in [0.2, 0.25) is 0 Å². The number of aliphatic imine (C=N–C) groups is 1. The average Bonchev–Trinajstić information content (AvgIpc) is 3.24. The van der Waals surface area contributed by atoms with Crippen LogP contribution in [0.5, 0.6) is 11.5 Å². The summed E-state index contributed by atoms with van der Waals surface area (Å²) in [7, 11) is 1.56.